The summed E-state index contributed by atoms with van der Waals surface area (Å²) >= 11 is 1.64. The lowest BCUT2D eigenvalue weighted by molar-refractivity contribution is -0.119. The molecule has 0 aromatic heterocycles. The van der Waals surface area contributed by atoms with Crippen molar-refractivity contribution < 1.29 is 9.53 Å². The van der Waals surface area contributed by atoms with Crippen molar-refractivity contribution >= 4 is 28.4 Å². The van der Waals surface area contributed by atoms with Crippen LogP contribution >= 0.6 is 11.8 Å². The van der Waals surface area contributed by atoms with Gasteiger partial charge in [-0.1, -0.05) is 42.5 Å². The lowest BCUT2D eigenvalue weighted by Gasteiger charge is -2.12. The minimum Gasteiger partial charge on any atom is -0.383 e. The Morgan fingerprint density at radius 2 is 2.00 bits per heavy atom. The third-order valence-electron chi connectivity index (χ3n) is 3.19. The molecule has 2 aromatic rings. The lowest BCUT2D eigenvalue weighted by atomic mass is 10.1. The summed E-state index contributed by atoms with van der Waals surface area (Å²) < 4.78 is 5.00. The number of amides is 1. The van der Waals surface area contributed by atoms with Gasteiger partial charge in [0.1, 0.15) is 0 Å². The number of fused-ring (bicyclic) bond motifs is 1. The summed E-state index contributed by atoms with van der Waals surface area (Å²) in [4.78, 5) is 11.8. The van der Waals surface area contributed by atoms with Gasteiger partial charge in [-0.05, 0) is 23.3 Å². The van der Waals surface area contributed by atoms with Crippen molar-refractivity contribution in [1.29, 1.82) is 0 Å². The second-order valence-electron chi connectivity index (χ2n) is 5.05. The van der Waals surface area contributed by atoms with E-state index in [1.54, 1.807) is 18.9 Å². The first-order valence-electron chi connectivity index (χ1n) is 7.03. The third kappa shape index (κ3) is 4.76. The van der Waals surface area contributed by atoms with Crippen LogP contribution in [0.1, 0.15) is 12.5 Å². The molecule has 0 saturated carbocycles. The fourth-order valence-corrected chi connectivity index (χ4v) is 3.12. The smallest absolute Gasteiger partial charge is 0.230 e. The molecule has 0 fully saturated rings. The highest BCUT2D eigenvalue weighted by atomic mass is 32.2. The second kappa shape index (κ2) is 8.05. The molecule has 0 heterocycles. The Hall–Kier alpha value is -1.52. The van der Waals surface area contributed by atoms with Gasteiger partial charge in [0.25, 0.3) is 0 Å². The molecule has 1 N–H and O–H groups in total. The number of carbonyl (C=O) groups excluding carboxylic acids is 1. The summed E-state index contributed by atoms with van der Waals surface area (Å²) in [6, 6.07) is 14.7. The summed E-state index contributed by atoms with van der Waals surface area (Å²) in [5, 5.41) is 5.43. The molecule has 21 heavy (non-hydrogen) atoms. The zero-order chi connectivity index (χ0) is 15.1. The molecule has 0 radical (unpaired) electrons. The number of thioether (sulfide) groups is 1. The van der Waals surface area contributed by atoms with E-state index in [0.29, 0.717) is 12.4 Å². The first kappa shape index (κ1) is 15.9. The molecule has 0 bridgehead atoms. The van der Waals surface area contributed by atoms with Gasteiger partial charge in [-0.2, -0.15) is 0 Å². The predicted molar refractivity (Wildman–Crippen MR) is 89.6 cm³/mol. The van der Waals surface area contributed by atoms with Crippen LogP contribution in [0.5, 0.6) is 0 Å². The summed E-state index contributed by atoms with van der Waals surface area (Å²) in [6.45, 7) is 2.48. The number of hydrogen-bond donors (Lipinski definition) is 1. The number of benzene rings is 2. The monoisotopic (exact) mass is 303 g/mol. The fourth-order valence-electron chi connectivity index (χ4n) is 2.28. The average molecular weight is 303 g/mol. The van der Waals surface area contributed by atoms with Gasteiger partial charge in [-0.25, -0.2) is 0 Å². The van der Waals surface area contributed by atoms with Crippen LogP contribution < -0.4 is 5.32 Å². The molecule has 3 nitrogen and oxygen atoms in total. The van der Waals surface area contributed by atoms with E-state index < -0.39 is 0 Å². The van der Waals surface area contributed by atoms with E-state index in [9.17, 15) is 4.79 Å². The van der Waals surface area contributed by atoms with E-state index in [1.165, 1.54) is 16.3 Å². The molecule has 112 valence electrons. The topological polar surface area (TPSA) is 38.3 Å². The number of rotatable bonds is 7. The maximum absolute atomic E-state index is 11.8. The summed E-state index contributed by atoms with van der Waals surface area (Å²) in [5.41, 5.74) is 1.27. The van der Waals surface area contributed by atoms with Crippen molar-refractivity contribution in [2.75, 3.05) is 19.5 Å². The van der Waals surface area contributed by atoms with Crippen molar-refractivity contribution in [2.45, 2.75) is 18.7 Å². The van der Waals surface area contributed by atoms with Gasteiger partial charge in [0.2, 0.25) is 5.91 Å². The number of hydrogen-bond acceptors (Lipinski definition) is 3. The Kier molecular flexibility index (Phi) is 6.08. The second-order valence-corrected chi connectivity index (χ2v) is 6.04. The predicted octanol–water partition coefficient (Wildman–Crippen LogP) is 3.22. The normalized spacial score (nSPS) is 12.3. The van der Waals surface area contributed by atoms with Crippen molar-refractivity contribution in [3.63, 3.8) is 0 Å². The minimum atomic E-state index is 0.0562. The van der Waals surface area contributed by atoms with Crippen LogP contribution in [-0.4, -0.2) is 31.4 Å². The third-order valence-corrected chi connectivity index (χ3v) is 4.18. The minimum absolute atomic E-state index is 0.0562. The molecule has 4 heteroatoms. The lowest BCUT2D eigenvalue weighted by Crippen LogP contribution is -2.36. The SMILES string of the molecule is COCC(C)NC(=O)CSCc1cccc2ccccc12. The Bertz CT molecular complexity index is 595. The van der Waals surface area contributed by atoms with Crippen LogP contribution in [0.15, 0.2) is 42.5 Å². The molecule has 0 saturated heterocycles. The molecule has 1 amide bonds. The molecule has 1 unspecified atom stereocenters. The highest BCUT2D eigenvalue weighted by Gasteiger charge is 2.07. The van der Waals surface area contributed by atoms with E-state index >= 15 is 0 Å². The van der Waals surface area contributed by atoms with Crippen molar-refractivity contribution in [2.24, 2.45) is 0 Å². The van der Waals surface area contributed by atoms with E-state index in [-0.39, 0.29) is 11.9 Å². The molecule has 1 atom stereocenters. The molecule has 2 aromatic carbocycles. The average Bonchev–Trinajstić information content (AvgIpc) is 2.47. The van der Waals surface area contributed by atoms with Crippen LogP contribution in [0.2, 0.25) is 0 Å². The number of nitrogens with one attached hydrogen (secondary N) is 1. The summed E-state index contributed by atoms with van der Waals surface area (Å²) in [7, 11) is 1.64. The first-order chi connectivity index (χ1) is 10.2. The van der Waals surface area contributed by atoms with Gasteiger partial charge in [0, 0.05) is 18.9 Å². The van der Waals surface area contributed by atoms with Gasteiger partial charge >= 0.3 is 0 Å². The van der Waals surface area contributed by atoms with Gasteiger partial charge in [0.15, 0.2) is 0 Å². The molecule has 2 rings (SSSR count). The number of ether oxygens (including phenoxy) is 1. The highest BCUT2D eigenvalue weighted by Crippen LogP contribution is 2.22. The van der Waals surface area contributed by atoms with E-state index in [2.05, 4.69) is 41.7 Å². The fraction of sp³-hybridized carbons (Fsp3) is 0.353. The van der Waals surface area contributed by atoms with E-state index in [4.69, 9.17) is 4.74 Å². The van der Waals surface area contributed by atoms with Crippen molar-refractivity contribution in [3.8, 4) is 0 Å². The molecule has 0 aliphatic rings. The maximum Gasteiger partial charge on any atom is 0.230 e. The number of carbonyl (C=O) groups is 1. The summed E-state index contributed by atoms with van der Waals surface area (Å²) in [6.07, 6.45) is 0. The zero-order valence-corrected chi connectivity index (χ0v) is 13.3. The summed E-state index contributed by atoms with van der Waals surface area (Å²) in [5.74, 6) is 1.37. The van der Waals surface area contributed by atoms with Crippen LogP contribution in [-0.2, 0) is 15.3 Å². The molecule has 0 aliphatic heterocycles. The molecular weight excluding hydrogens is 282 g/mol. The van der Waals surface area contributed by atoms with E-state index in [0.717, 1.165) is 5.75 Å². The number of methoxy groups -OCH3 is 1. The Balaban J connectivity index is 1.86. The van der Waals surface area contributed by atoms with Crippen molar-refractivity contribution in [3.05, 3.63) is 48.0 Å². The Labute approximate surface area is 130 Å². The van der Waals surface area contributed by atoms with Crippen LogP contribution in [0.25, 0.3) is 10.8 Å². The van der Waals surface area contributed by atoms with Crippen LogP contribution in [0.3, 0.4) is 0 Å². The first-order valence-corrected chi connectivity index (χ1v) is 8.19. The van der Waals surface area contributed by atoms with Gasteiger partial charge < -0.3 is 10.1 Å². The molecule has 0 aliphatic carbocycles. The van der Waals surface area contributed by atoms with Gasteiger partial charge in [-0.15, -0.1) is 11.8 Å². The quantitative estimate of drug-likeness (QED) is 0.853. The Morgan fingerprint density at radius 3 is 2.81 bits per heavy atom. The van der Waals surface area contributed by atoms with Crippen molar-refractivity contribution in [1.82, 2.24) is 5.32 Å². The highest BCUT2D eigenvalue weighted by molar-refractivity contribution is 7.99. The largest absolute Gasteiger partial charge is 0.383 e. The Morgan fingerprint density at radius 1 is 1.24 bits per heavy atom. The molecule has 0 spiro atoms. The standard InChI is InChI=1S/C17H21NO2S/c1-13(10-20-2)18-17(19)12-21-11-15-8-5-7-14-6-3-4-9-16(14)15/h3-9,13H,10-12H2,1-2H3,(H,18,19). The van der Waals surface area contributed by atoms with Gasteiger partial charge in [0.05, 0.1) is 12.4 Å². The van der Waals surface area contributed by atoms with Crippen LogP contribution in [0.4, 0.5) is 0 Å². The van der Waals surface area contributed by atoms with Gasteiger partial charge in [-0.3, -0.25) is 4.79 Å². The van der Waals surface area contributed by atoms with Crippen LogP contribution in [0, 0.1) is 0 Å². The molecular formula is C17H21NO2S. The maximum atomic E-state index is 11.8. The zero-order valence-electron chi connectivity index (χ0n) is 12.5. The van der Waals surface area contributed by atoms with E-state index in [1.807, 2.05) is 13.0 Å².